The number of piperazine rings is 1. The van der Waals surface area contributed by atoms with Crippen LogP contribution in [-0.2, 0) is 11.3 Å². The summed E-state index contributed by atoms with van der Waals surface area (Å²) in [5.74, 6) is 1.34. The fourth-order valence-corrected chi connectivity index (χ4v) is 3.83. The number of nitrogens with one attached hydrogen (secondary N) is 1. The maximum Gasteiger partial charge on any atom is 0.318 e. The Kier molecular flexibility index (Phi) is 7.41. The van der Waals surface area contributed by atoms with Gasteiger partial charge in [0.25, 0.3) is 0 Å². The topological polar surface area (TPSA) is 94.8 Å². The number of carbonyl (C=O) groups excluding carboxylic acids is 2. The first-order chi connectivity index (χ1) is 16.5. The molecule has 0 spiro atoms. The Bertz CT molecular complexity index is 1060. The second kappa shape index (κ2) is 10.8. The molecule has 1 aromatic carbocycles. The van der Waals surface area contributed by atoms with E-state index >= 15 is 0 Å². The number of nitrogens with zero attached hydrogens (tertiary/aromatic N) is 5. The molecule has 34 heavy (non-hydrogen) atoms. The predicted octanol–water partition coefficient (Wildman–Crippen LogP) is 3.01. The monoisotopic (exact) mass is 462 g/mol. The molecule has 9 heteroatoms. The summed E-state index contributed by atoms with van der Waals surface area (Å²) in [6, 6.07) is 17.1. The molecule has 0 aliphatic carbocycles. The van der Waals surface area contributed by atoms with Crippen LogP contribution >= 0.6 is 0 Å². The van der Waals surface area contributed by atoms with Crippen molar-refractivity contribution in [2.75, 3.05) is 37.6 Å². The maximum absolute atomic E-state index is 13.0. The number of hydrogen-bond acceptors (Lipinski definition) is 6. The van der Waals surface area contributed by atoms with Crippen LogP contribution < -0.4 is 10.2 Å². The van der Waals surface area contributed by atoms with Gasteiger partial charge in [-0.3, -0.25) is 4.79 Å². The summed E-state index contributed by atoms with van der Waals surface area (Å²) in [5, 5.41) is 11.6. The Hall–Kier alpha value is -3.88. The molecule has 1 N–H and O–H groups in total. The standard InChI is InChI=1S/C25H30N6O3/c1-19(2)26-25(33)31(17-21-9-6-16-34-21)18-24(32)30-14-12-29(13-15-30)23-11-10-22(27-28-23)20-7-4-3-5-8-20/h3-11,16,19H,12-15,17-18H2,1-2H3,(H,26,33). The van der Waals surface area contributed by atoms with Crippen LogP contribution in [0.15, 0.2) is 65.3 Å². The highest BCUT2D eigenvalue weighted by Crippen LogP contribution is 2.19. The zero-order valence-electron chi connectivity index (χ0n) is 19.6. The van der Waals surface area contributed by atoms with E-state index in [1.165, 1.54) is 4.90 Å². The molecule has 1 fully saturated rings. The van der Waals surface area contributed by atoms with Gasteiger partial charge in [-0.2, -0.15) is 0 Å². The van der Waals surface area contributed by atoms with Gasteiger partial charge < -0.3 is 24.4 Å². The van der Waals surface area contributed by atoms with E-state index in [9.17, 15) is 9.59 Å². The maximum atomic E-state index is 13.0. The summed E-state index contributed by atoms with van der Waals surface area (Å²) >= 11 is 0. The molecule has 178 valence electrons. The van der Waals surface area contributed by atoms with Crippen molar-refractivity contribution in [3.05, 3.63) is 66.6 Å². The van der Waals surface area contributed by atoms with E-state index in [-0.39, 0.29) is 31.1 Å². The number of rotatable bonds is 7. The molecule has 0 radical (unpaired) electrons. The number of hydrogen-bond donors (Lipinski definition) is 1. The molecule has 1 aliphatic rings. The second-order valence-electron chi connectivity index (χ2n) is 8.55. The fourth-order valence-electron chi connectivity index (χ4n) is 3.83. The highest BCUT2D eigenvalue weighted by Gasteiger charge is 2.26. The molecule has 0 bridgehead atoms. The number of furan rings is 1. The number of anilines is 1. The lowest BCUT2D eigenvalue weighted by molar-refractivity contribution is -0.132. The van der Waals surface area contributed by atoms with Crippen molar-refractivity contribution in [2.45, 2.75) is 26.4 Å². The van der Waals surface area contributed by atoms with Gasteiger partial charge >= 0.3 is 6.03 Å². The van der Waals surface area contributed by atoms with E-state index in [2.05, 4.69) is 20.4 Å². The molecule has 0 saturated carbocycles. The first-order valence-electron chi connectivity index (χ1n) is 11.5. The van der Waals surface area contributed by atoms with Crippen LogP contribution in [0.5, 0.6) is 0 Å². The molecule has 0 atom stereocenters. The first-order valence-corrected chi connectivity index (χ1v) is 11.5. The SMILES string of the molecule is CC(C)NC(=O)N(CC(=O)N1CCN(c2ccc(-c3ccccc3)nn2)CC1)Cc1ccco1. The summed E-state index contributed by atoms with van der Waals surface area (Å²) in [5.41, 5.74) is 1.85. The van der Waals surface area contributed by atoms with Crippen molar-refractivity contribution in [3.8, 4) is 11.3 Å². The second-order valence-corrected chi connectivity index (χ2v) is 8.55. The van der Waals surface area contributed by atoms with Crippen LogP contribution in [-0.4, -0.2) is 70.7 Å². The van der Waals surface area contributed by atoms with Crippen LogP contribution in [0.25, 0.3) is 11.3 Å². The highest BCUT2D eigenvalue weighted by atomic mass is 16.3. The Balaban J connectivity index is 1.33. The lowest BCUT2D eigenvalue weighted by atomic mass is 10.1. The third kappa shape index (κ3) is 5.92. The van der Waals surface area contributed by atoms with Crippen LogP contribution in [0.2, 0.25) is 0 Å². The van der Waals surface area contributed by atoms with Crippen molar-refractivity contribution in [1.82, 2.24) is 25.3 Å². The van der Waals surface area contributed by atoms with Gasteiger partial charge in [0, 0.05) is 37.8 Å². The summed E-state index contributed by atoms with van der Waals surface area (Å²) in [4.78, 5) is 31.0. The van der Waals surface area contributed by atoms with E-state index in [0.29, 0.717) is 31.9 Å². The summed E-state index contributed by atoms with van der Waals surface area (Å²) in [6.45, 7) is 6.43. The summed E-state index contributed by atoms with van der Waals surface area (Å²) in [7, 11) is 0. The highest BCUT2D eigenvalue weighted by molar-refractivity contribution is 5.84. The molecule has 1 aliphatic heterocycles. The molecule has 3 heterocycles. The fraction of sp³-hybridized carbons (Fsp3) is 0.360. The minimum Gasteiger partial charge on any atom is -0.467 e. The average molecular weight is 463 g/mol. The van der Waals surface area contributed by atoms with Crippen LogP contribution in [0.1, 0.15) is 19.6 Å². The quantitative estimate of drug-likeness (QED) is 0.580. The molecule has 2 aromatic heterocycles. The molecule has 3 amide bonds. The lowest BCUT2D eigenvalue weighted by Crippen LogP contribution is -2.53. The number of amides is 3. The largest absolute Gasteiger partial charge is 0.467 e. The summed E-state index contributed by atoms with van der Waals surface area (Å²) < 4.78 is 5.38. The van der Waals surface area contributed by atoms with Crippen molar-refractivity contribution in [3.63, 3.8) is 0 Å². The van der Waals surface area contributed by atoms with Crippen LogP contribution in [0, 0.1) is 0 Å². The van der Waals surface area contributed by atoms with E-state index in [1.54, 1.807) is 23.3 Å². The molecule has 9 nitrogen and oxygen atoms in total. The Morgan fingerprint density at radius 3 is 2.38 bits per heavy atom. The normalized spacial score (nSPS) is 13.7. The van der Waals surface area contributed by atoms with Gasteiger partial charge in [0.15, 0.2) is 5.82 Å². The minimum absolute atomic E-state index is 0.00910. The predicted molar refractivity (Wildman–Crippen MR) is 129 cm³/mol. The Morgan fingerprint density at radius 2 is 1.76 bits per heavy atom. The minimum atomic E-state index is -0.285. The first kappa shape index (κ1) is 23.3. The van der Waals surface area contributed by atoms with Gasteiger partial charge in [-0.25, -0.2) is 4.79 Å². The van der Waals surface area contributed by atoms with Gasteiger partial charge in [0.2, 0.25) is 5.91 Å². The average Bonchev–Trinajstić information content (AvgIpc) is 3.37. The van der Waals surface area contributed by atoms with Gasteiger partial charge in [-0.05, 0) is 38.1 Å². The van der Waals surface area contributed by atoms with E-state index in [4.69, 9.17) is 4.42 Å². The number of carbonyl (C=O) groups is 2. The van der Waals surface area contributed by atoms with Crippen molar-refractivity contribution < 1.29 is 14.0 Å². The molecule has 3 aromatic rings. The molecule has 0 unspecified atom stereocenters. The van der Waals surface area contributed by atoms with Crippen molar-refractivity contribution >= 4 is 17.8 Å². The Labute approximate surface area is 199 Å². The lowest BCUT2D eigenvalue weighted by Gasteiger charge is -2.36. The van der Waals surface area contributed by atoms with Crippen LogP contribution in [0.3, 0.4) is 0 Å². The molecular formula is C25H30N6O3. The van der Waals surface area contributed by atoms with Gasteiger partial charge in [0.1, 0.15) is 12.3 Å². The van der Waals surface area contributed by atoms with Crippen LogP contribution in [0.4, 0.5) is 10.6 Å². The van der Waals surface area contributed by atoms with E-state index in [0.717, 1.165) is 17.1 Å². The Morgan fingerprint density at radius 1 is 1.00 bits per heavy atom. The third-order valence-electron chi connectivity index (χ3n) is 5.63. The number of urea groups is 1. The van der Waals surface area contributed by atoms with Gasteiger partial charge in [-0.1, -0.05) is 30.3 Å². The molecule has 1 saturated heterocycles. The van der Waals surface area contributed by atoms with Crippen molar-refractivity contribution in [2.24, 2.45) is 0 Å². The molecular weight excluding hydrogens is 432 g/mol. The molecule has 4 rings (SSSR count). The number of aromatic nitrogens is 2. The van der Waals surface area contributed by atoms with Crippen molar-refractivity contribution in [1.29, 1.82) is 0 Å². The number of benzene rings is 1. The zero-order chi connectivity index (χ0) is 23.9. The smallest absolute Gasteiger partial charge is 0.318 e. The van der Waals surface area contributed by atoms with Gasteiger partial charge in [-0.15, -0.1) is 10.2 Å². The summed E-state index contributed by atoms with van der Waals surface area (Å²) in [6.07, 6.45) is 1.56. The van der Waals surface area contributed by atoms with E-state index in [1.807, 2.05) is 56.3 Å². The zero-order valence-corrected chi connectivity index (χ0v) is 19.6. The van der Waals surface area contributed by atoms with E-state index < -0.39 is 0 Å². The third-order valence-corrected chi connectivity index (χ3v) is 5.63. The van der Waals surface area contributed by atoms with Gasteiger partial charge in [0.05, 0.1) is 18.5 Å².